The van der Waals surface area contributed by atoms with E-state index in [4.69, 9.17) is 4.74 Å². The van der Waals surface area contributed by atoms with Crippen molar-refractivity contribution in [3.05, 3.63) is 87.4 Å². The first-order chi connectivity index (χ1) is 14.1. The van der Waals surface area contributed by atoms with Crippen LogP contribution in [0.1, 0.15) is 15.4 Å². The highest BCUT2D eigenvalue weighted by Crippen LogP contribution is 2.23. The minimum Gasteiger partial charge on any atom is -0.486 e. The van der Waals surface area contributed by atoms with Crippen molar-refractivity contribution >= 4 is 38.8 Å². The molecule has 3 aromatic carbocycles. The number of non-ortho nitro benzene ring substituents is 1. The van der Waals surface area contributed by atoms with Gasteiger partial charge in [0.2, 0.25) is 5.13 Å². The van der Waals surface area contributed by atoms with E-state index in [1.807, 2.05) is 42.5 Å². The van der Waals surface area contributed by atoms with Crippen LogP contribution in [0.4, 0.5) is 10.8 Å². The van der Waals surface area contributed by atoms with E-state index in [0.29, 0.717) is 15.7 Å². The van der Waals surface area contributed by atoms with Crippen molar-refractivity contribution in [2.45, 2.75) is 6.61 Å². The average Bonchev–Trinajstić information content (AvgIpc) is 3.19. The lowest BCUT2D eigenvalue weighted by molar-refractivity contribution is -0.384. The van der Waals surface area contributed by atoms with Crippen LogP contribution in [0.15, 0.2) is 66.7 Å². The Morgan fingerprint density at radius 3 is 2.55 bits per heavy atom. The number of rotatable bonds is 6. The molecule has 1 aromatic heterocycles. The molecule has 29 heavy (non-hydrogen) atoms. The van der Waals surface area contributed by atoms with Gasteiger partial charge >= 0.3 is 0 Å². The van der Waals surface area contributed by atoms with Gasteiger partial charge in [-0.15, -0.1) is 10.2 Å². The molecule has 0 aliphatic heterocycles. The van der Waals surface area contributed by atoms with Gasteiger partial charge in [0.1, 0.15) is 12.4 Å². The van der Waals surface area contributed by atoms with Gasteiger partial charge in [0.05, 0.1) is 4.92 Å². The van der Waals surface area contributed by atoms with Gasteiger partial charge < -0.3 is 4.74 Å². The smallest absolute Gasteiger partial charge is 0.269 e. The summed E-state index contributed by atoms with van der Waals surface area (Å²) in [7, 11) is 0. The predicted octanol–water partition coefficient (Wildman–Crippen LogP) is 4.43. The van der Waals surface area contributed by atoms with E-state index in [1.165, 1.54) is 35.6 Å². The molecule has 1 heterocycles. The summed E-state index contributed by atoms with van der Waals surface area (Å²) in [5, 5.41) is 24.4. The van der Waals surface area contributed by atoms with E-state index in [1.54, 1.807) is 0 Å². The van der Waals surface area contributed by atoms with Crippen molar-refractivity contribution in [1.82, 2.24) is 10.2 Å². The summed E-state index contributed by atoms with van der Waals surface area (Å²) in [5.74, 6) is 0.299. The average molecular weight is 406 g/mol. The van der Waals surface area contributed by atoms with Crippen LogP contribution in [-0.4, -0.2) is 21.0 Å². The molecule has 0 unspecified atom stereocenters. The maximum atomic E-state index is 12.2. The van der Waals surface area contributed by atoms with Gasteiger partial charge in [-0.2, -0.15) is 0 Å². The van der Waals surface area contributed by atoms with E-state index in [2.05, 4.69) is 15.5 Å². The van der Waals surface area contributed by atoms with Gasteiger partial charge in [-0.25, -0.2) is 0 Å². The largest absolute Gasteiger partial charge is 0.486 e. The second kappa shape index (κ2) is 8.03. The Kier molecular flexibility index (Phi) is 5.12. The number of nitro groups is 1. The lowest BCUT2D eigenvalue weighted by Gasteiger charge is -2.05. The number of benzene rings is 3. The van der Waals surface area contributed by atoms with Gasteiger partial charge in [0, 0.05) is 17.7 Å². The highest BCUT2D eigenvalue weighted by Gasteiger charge is 2.12. The molecule has 4 aromatic rings. The zero-order chi connectivity index (χ0) is 20.2. The molecule has 0 saturated carbocycles. The summed E-state index contributed by atoms with van der Waals surface area (Å²) in [4.78, 5) is 22.4. The number of aromatic nitrogens is 2. The van der Waals surface area contributed by atoms with Crippen LogP contribution in [-0.2, 0) is 6.61 Å². The minimum atomic E-state index is -0.520. The molecule has 0 aliphatic carbocycles. The number of nitro benzene ring substituents is 1. The minimum absolute atomic E-state index is 0.0782. The van der Waals surface area contributed by atoms with Crippen molar-refractivity contribution in [3.8, 4) is 5.75 Å². The van der Waals surface area contributed by atoms with Crippen molar-refractivity contribution in [1.29, 1.82) is 0 Å². The maximum Gasteiger partial charge on any atom is 0.269 e. The quantitative estimate of drug-likeness (QED) is 0.375. The molecule has 8 nitrogen and oxygen atoms in total. The number of amides is 1. The summed E-state index contributed by atoms with van der Waals surface area (Å²) in [6.45, 7) is 0.226. The van der Waals surface area contributed by atoms with Crippen molar-refractivity contribution in [2.75, 3.05) is 5.32 Å². The molecule has 0 spiro atoms. The lowest BCUT2D eigenvalue weighted by atomic mass is 10.1. The first kappa shape index (κ1) is 18.5. The first-order valence-electron chi connectivity index (χ1n) is 8.58. The fraction of sp³-hybridized carbons (Fsp3) is 0.0500. The van der Waals surface area contributed by atoms with Crippen LogP contribution in [0.25, 0.3) is 10.8 Å². The van der Waals surface area contributed by atoms with Gasteiger partial charge in [-0.05, 0) is 35.0 Å². The van der Waals surface area contributed by atoms with Crippen molar-refractivity contribution < 1.29 is 14.5 Å². The summed E-state index contributed by atoms with van der Waals surface area (Å²) in [6, 6.07) is 19.1. The third-order valence-electron chi connectivity index (χ3n) is 4.11. The number of ether oxygens (including phenoxy) is 1. The Morgan fingerprint density at radius 1 is 1.03 bits per heavy atom. The Bertz CT molecular complexity index is 1190. The van der Waals surface area contributed by atoms with Crippen LogP contribution in [0.3, 0.4) is 0 Å². The molecule has 0 fully saturated rings. The highest BCUT2D eigenvalue weighted by atomic mass is 32.1. The molecule has 0 aliphatic rings. The molecule has 4 rings (SSSR count). The fourth-order valence-corrected chi connectivity index (χ4v) is 3.32. The fourth-order valence-electron chi connectivity index (χ4n) is 2.67. The molecule has 1 N–H and O–H groups in total. The number of carbonyl (C=O) groups excluding carboxylic acids is 1. The third-order valence-corrected chi connectivity index (χ3v) is 4.92. The standard InChI is InChI=1S/C20H14N4O4S/c25-19(14-5-8-16(9-6-14)24(26)27)21-20-23-22-18(29-20)12-28-17-10-7-13-3-1-2-4-15(13)11-17/h1-11H,12H2,(H,21,23,25). The number of hydrogen-bond donors (Lipinski definition) is 1. The van der Waals surface area contributed by atoms with E-state index >= 15 is 0 Å². The molecule has 9 heteroatoms. The van der Waals surface area contributed by atoms with Crippen LogP contribution in [0.2, 0.25) is 0 Å². The first-order valence-corrected chi connectivity index (χ1v) is 9.40. The van der Waals surface area contributed by atoms with E-state index in [-0.39, 0.29) is 12.3 Å². The molecule has 0 atom stereocenters. The molecular formula is C20H14N4O4S. The van der Waals surface area contributed by atoms with Gasteiger partial charge in [-0.3, -0.25) is 20.2 Å². The molecule has 0 radical (unpaired) electrons. The number of anilines is 1. The Hall–Kier alpha value is -3.85. The van der Waals surface area contributed by atoms with E-state index in [0.717, 1.165) is 16.5 Å². The molecule has 0 bridgehead atoms. The number of nitrogens with one attached hydrogen (secondary N) is 1. The third kappa shape index (κ3) is 4.36. The summed E-state index contributed by atoms with van der Waals surface area (Å²) >= 11 is 1.20. The second-order valence-corrected chi connectivity index (χ2v) is 7.12. The molecular weight excluding hydrogens is 392 g/mol. The zero-order valence-corrected chi connectivity index (χ0v) is 15.8. The Labute approximate surface area is 168 Å². The van der Waals surface area contributed by atoms with Crippen LogP contribution < -0.4 is 10.1 Å². The number of hydrogen-bond acceptors (Lipinski definition) is 7. The summed E-state index contributed by atoms with van der Waals surface area (Å²) in [5.41, 5.74) is 0.213. The van der Waals surface area contributed by atoms with Crippen LogP contribution in [0.5, 0.6) is 5.75 Å². The topological polar surface area (TPSA) is 107 Å². The number of carbonyl (C=O) groups is 1. The summed E-state index contributed by atoms with van der Waals surface area (Å²) in [6.07, 6.45) is 0. The lowest BCUT2D eigenvalue weighted by Crippen LogP contribution is -2.11. The zero-order valence-electron chi connectivity index (χ0n) is 14.9. The Balaban J connectivity index is 1.37. The Morgan fingerprint density at radius 2 is 1.79 bits per heavy atom. The van der Waals surface area contributed by atoms with Crippen molar-refractivity contribution in [2.24, 2.45) is 0 Å². The van der Waals surface area contributed by atoms with Gasteiger partial charge in [0.15, 0.2) is 5.01 Å². The van der Waals surface area contributed by atoms with Crippen LogP contribution >= 0.6 is 11.3 Å². The second-order valence-electron chi connectivity index (χ2n) is 6.06. The number of fused-ring (bicyclic) bond motifs is 1. The molecule has 144 valence electrons. The van der Waals surface area contributed by atoms with Gasteiger partial charge in [0.25, 0.3) is 11.6 Å². The van der Waals surface area contributed by atoms with Gasteiger partial charge in [-0.1, -0.05) is 41.7 Å². The highest BCUT2D eigenvalue weighted by molar-refractivity contribution is 7.15. The summed E-state index contributed by atoms with van der Waals surface area (Å²) < 4.78 is 5.77. The van der Waals surface area contributed by atoms with Crippen molar-refractivity contribution in [3.63, 3.8) is 0 Å². The SMILES string of the molecule is O=C(Nc1nnc(COc2ccc3ccccc3c2)s1)c1ccc([N+](=O)[O-])cc1. The predicted molar refractivity (Wildman–Crippen MR) is 109 cm³/mol. The molecule has 1 amide bonds. The van der Waals surface area contributed by atoms with E-state index in [9.17, 15) is 14.9 Å². The number of nitrogens with zero attached hydrogens (tertiary/aromatic N) is 3. The monoisotopic (exact) mass is 406 g/mol. The molecule has 0 saturated heterocycles. The van der Waals surface area contributed by atoms with Crippen LogP contribution in [0, 0.1) is 10.1 Å². The van der Waals surface area contributed by atoms with E-state index < -0.39 is 10.8 Å². The normalized spacial score (nSPS) is 10.6. The maximum absolute atomic E-state index is 12.2.